The molecule has 2 aromatic rings. The second-order valence-corrected chi connectivity index (χ2v) is 9.08. The van der Waals surface area contributed by atoms with Crippen LogP contribution >= 0.6 is 0 Å². The lowest BCUT2D eigenvalue weighted by Crippen LogP contribution is -2.42. The summed E-state index contributed by atoms with van der Waals surface area (Å²) in [6, 6.07) is 8.37. The van der Waals surface area contributed by atoms with Gasteiger partial charge in [-0.05, 0) is 50.3 Å². The average Bonchev–Trinajstić information content (AvgIpc) is 3.06. The highest BCUT2D eigenvalue weighted by atomic mass is 16.5. The van der Waals surface area contributed by atoms with Crippen LogP contribution < -0.4 is 0 Å². The smallest absolute Gasteiger partial charge is 0.241 e. The monoisotopic (exact) mass is 410 g/mol. The predicted octanol–water partition coefficient (Wildman–Crippen LogP) is 4.47. The number of carbonyl (C=O) groups is 1. The maximum Gasteiger partial charge on any atom is 0.241 e. The number of hydrogen-bond donors (Lipinski definition) is 0. The Morgan fingerprint density at radius 2 is 1.70 bits per heavy atom. The molecule has 4 rings (SSSR count). The Morgan fingerprint density at radius 3 is 2.33 bits per heavy atom. The highest BCUT2D eigenvalue weighted by Gasteiger charge is 2.29. The van der Waals surface area contributed by atoms with E-state index in [1.165, 1.54) is 18.4 Å². The topological polar surface area (TPSA) is 62.5 Å². The van der Waals surface area contributed by atoms with E-state index in [2.05, 4.69) is 58.1 Å². The molecule has 1 amide bonds. The molecule has 1 aromatic heterocycles. The van der Waals surface area contributed by atoms with E-state index in [0.717, 1.165) is 57.4 Å². The summed E-state index contributed by atoms with van der Waals surface area (Å²) in [4.78, 5) is 21.9. The Bertz CT molecular complexity index is 814. The molecule has 2 fully saturated rings. The van der Waals surface area contributed by atoms with Gasteiger partial charge in [-0.2, -0.15) is 4.98 Å². The van der Waals surface area contributed by atoms with E-state index >= 15 is 0 Å². The molecule has 0 N–H and O–H groups in total. The molecule has 3 heterocycles. The van der Waals surface area contributed by atoms with Crippen molar-refractivity contribution in [2.75, 3.05) is 26.2 Å². The van der Waals surface area contributed by atoms with Gasteiger partial charge in [0.2, 0.25) is 17.6 Å². The minimum Gasteiger partial charge on any atom is -0.342 e. The summed E-state index contributed by atoms with van der Waals surface area (Å²) in [5.74, 6) is 2.36. The van der Waals surface area contributed by atoms with Gasteiger partial charge in [0.15, 0.2) is 0 Å². The van der Waals surface area contributed by atoms with E-state index in [1.54, 1.807) is 0 Å². The standard InChI is InChI=1S/C24H34N4O2/c1-18(2)19-7-9-20(10-8-19)23-25-22(30-26-23)17-27-15-11-21(12-16-27)24(29)28-13-5-3-4-6-14-28/h7-10,18,21H,3-6,11-17H2,1-2H3. The first-order valence-electron chi connectivity index (χ1n) is 11.5. The molecular formula is C24H34N4O2. The number of rotatable bonds is 5. The van der Waals surface area contributed by atoms with Gasteiger partial charge in [-0.1, -0.05) is 56.1 Å². The van der Waals surface area contributed by atoms with Crippen LogP contribution in [0.1, 0.15) is 69.7 Å². The van der Waals surface area contributed by atoms with Crippen molar-refractivity contribution in [3.05, 3.63) is 35.7 Å². The second-order valence-electron chi connectivity index (χ2n) is 9.08. The van der Waals surface area contributed by atoms with Crippen LogP contribution in [-0.2, 0) is 11.3 Å². The Kier molecular flexibility index (Phi) is 6.82. The number of carbonyl (C=O) groups excluding carboxylic acids is 1. The number of piperidine rings is 1. The van der Waals surface area contributed by atoms with Gasteiger partial charge in [0.25, 0.3) is 0 Å². The van der Waals surface area contributed by atoms with E-state index in [9.17, 15) is 4.79 Å². The minimum atomic E-state index is 0.178. The largest absolute Gasteiger partial charge is 0.342 e. The molecule has 2 aliphatic rings. The number of hydrogen-bond acceptors (Lipinski definition) is 5. The van der Waals surface area contributed by atoms with Crippen LogP contribution in [0.15, 0.2) is 28.8 Å². The molecule has 0 atom stereocenters. The first-order valence-corrected chi connectivity index (χ1v) is 11.5. The Morgan fingerprint density at radius 1 is 1.03 bits per heavy atom. The molecule has 2 aliphatic heterocycles. The van der Waals surface area contributed by atoms with Crippen LogP contribution in [0.3, 0.4) is 0 Å². The average molecular weight is 411 g/mol. The van der Waals surface area contributed by atoms with Crippen molar-refractivity contribution in [3.63, 3.8) is 0 Å². The van der Waals surface area contributed by atoms with E-state index in [-0.39, 0.29) is 5.92 Å². The molecule has 0 unspecified atom stereocenters. The number of amides is 1. The molecule has 6 heteroatoms. The summed E-state index contributed by atoms with van der Waals surface area (Å²) in [5, 5.41) is 4.17. The van der Waals surface area contributed by atoms with Gasteiger partial charge in [-0.25, -0.2) is 0 Å². The van der Waals surface area contributed by atoms with Crippen LogP contribution in [0.25, 0.3) is 11.4 Å². The van der Waals surface area contributed by atoms with Gasteiger partial charge in [0.05, 0.1) is 6.54 Å². The van der Waals surface area contributed by atoms with E-state index < -0.39 is 0 Å². The molecule has 2 saturated heterocycles. The van der Waals surface area contributed by atoms with E-state index in [1.807, 2.05) is 0 Å². The van der Waals surface area contributed by atoms with Crippen LogP contribution in [0.5, 0.6) is 0 Å². The molecule has 0 bridgehead atoms. The van der Waals surface area contributed by atoms with E-state index in [4.69, 9.17) is 4.52 Å². The first kappa shape index (κ1) is 21.0. The molecule has 0 aliphatic carbocycles. The predicted molar refractivity (Wildman–Crippen MR) is 117 cm³/mol. The zero-order valence-electron chi connectivity index (χ0n) is 18.3. The second kappa shape index (κ2) is 9.73. The number of likely N-dealkylation sites (tertiary alicyclic amines) is 2. The zero-order chi connectivity index (χ0) is 20.9. The Labute approximate surface area is 179 Å². The molecule has 1 aromatic carbocycles. The van der Waals surface area contributed by atoms with Crippen LogP contribution in [-0.4, -0.2) is 52.0 Å². The van der Waals surface area contributed by atoms with Gasteiger partial charge < -0.3 is 9.42 Å². The fourth-order valence-electron chi connectivity index (χ4n) is 4.53. The zero-order valence-corrected chi connectivity index (χ0v) is 18.3. The van der Waals surface area contributed by atoms with Gasteiger partial charge >= 0.3 is 0 Å². The fraction of sp³-hybridized carbons (Fsp3) is 0.625. The minimum absolute atomic E-state index is 0.178. The summed E-state index contributed by atoms with van der Waals surface area (Å²) < 4.78 is 5.50. The van der Waals surface area contributed by atoms with Crippen LogP contribution in [0.2, 0.25) is 0 Å². The molecule has 6 nitrogen and oxygen atoms in total. The van der Waals surface area contributed by atoms with Crippen molar-refractivity contribution < 1.29 is 9.32 Å². The Hall–Kier alpha value is -2.21. The summed E-state index contributed by atoms with van der Waals surface area (Å²) in [5.41, 5.74) is 2.29. The van der Waals surface area contributed by atoms with Gasteiger partial charge in [0.1, 0.15) is 0 Å². The fourth-order valence-corrected chi connectivity index (χ4v) is 4.53. The lowest BCUT2D eigenvalue weighted by molar-refractivity contribution is -0.137. The molecule has 0 radical (unpaired) electrons. The van der Waals surface area contributed by atoms with Crippen molar-refractivity contribution in [1.82, 2.24) is 19.9 Å². The van der Waals surface area contributed by atoms with Gasteiger partial charge in [-0.3, -0.25) is 9.69 Å². The maximum absolute atomic E-state index is 12.9. The van der Waals surface area contributed by atoms with Crippen molar-refractivity contribution in [3.8, 4) is 11.4 Å². The SMILES string of the molecule is CC(C)c1ccc(-c2noc(CN3CCC(C(=O)N4CCCCCC4)CC3)n2)cc1. The van der Waals surface area contributed by atoms with Crippen molar-refractivity contribution in [2.24, 2.45) is 5.92 Å². The maximum atomic E-state index is 12.9. The van der Waals surface area contributed by atoms with Crippen LogP contribution in [0.4, 0.5) is 0 Å². The summed E-state index contributed by atoms with van der Waals surface area (Å²) in [6.07, 6.45) is 6.68. The Balaban J connectivity index is 1.28. The van der Waals surface area contributed by atoms with E-state index in [0.29, 0.717) is 30.1 Å². The van der Waals surface area contributed by atoms with Crippen molar-refractivity contribution >= 4 is 5.91 Å². The first-order chi connectivity index (χ1) is 14.6. The number of nitrogens with zero attached hydrogens (tertiary/aromatic N) is 4. The lowest BCUT2D eigenvalue weighted by atomic mass is 9.95. The number of benzene rings is 1. The normalized spacial score (nSPS) is 19.2. The van der Waals surface area contributed by atoms with Crippen molar-refractivity contribution in [1.29, 1.82) is 0 Å². The third-order valence-electron chi connectivity index (χ3n) is 6.52. The third-order valence-corrected chi connectivity index (χ3v) is 6.52. The quantitative estimate of drug-likeness (QED) is 0.727. The molecule has 30 heavy (non-hydrogen) atoms. The van der Waals surface area contributed by atoms with Gasteiger partial charge in [-0.15, -0.1) is 0 Å². The summed E-state index contributed by atoms with van der Waals surface area (Å²) in [7, 11) is 0. The number of aromatic nitrogens is 2. The highest BCUT2D eigenvalue weighted by Crippen LogP contribution is 2.24. The molecule has 0 saturated carbocycles. The summed E-state index contributed by atoms with van der Waals surface area (Å²) >= 11 is 0. The van der Waals surface area contributed by atoms with Crippen molar-refractivity contribution in [2.45, 2.75) is 64.8 Å². The highest BCUT2D eigenvalue weighted by molar-refractivity contribution is 5.79. The summed E-state index contributed by atoms with van der Waals surface area (Å²) in [6.45, 7) is 8.74. The van der Waals surface area contributed by atoms with Crippen LogP contribution in [0, 0.1) is 5.92 Å². The molecule has 162 valence electrons. The van der Waals surface area contributed by atoms with Gasteiger partial charge in [0, 0.05) is 24.6 Å². The molecule has 0 spiro atoms. The third kappa shape index (κ3) is 5.09. The molecular weight excluding hydrogens is 376 g/mol. The lowest BCUT2D eigenvalue weighted by Gasteiger charge is -2.33.